The van der Waals surface area contributed by atoms with Gasteiger partial charge in [0.15, 0.2) is 0 Å². The summed E-state index contributed by atoms with van der Waals surface area (Å²) in [6.45, 7) is 4.83. The maximum absolute atomic E-state index is 13.1. The van der Waals surface area contributed by atoms with E-state index in [1.54, 1.807) is 35.2 Å². The Morgan fingerprint density at radius 1 is 1.07 bits per heavy atom. The Morgan fingerprint density at radius 2 is 1.76 bits per heavy atom. The van der Waals surface area contributed by atoms with Gasteiger partial charge in [-0.3, -0.25) is 4.79 Å². The van der Waals surface area contributed by atoms with E-state index in [9.17, 15) is 9.18 Å². The highest BCUT2D eigenvalue weighted by atomic mass is 32.2. The molecule has 0 spiro atoms. The topological polar surface area (TPSA) is 36.4 Å². The Morgan fingerprint density at radius 3 is 2.38 bits per heavy atom. The minimum absolute atomic E-state index is 0.0652. The van der Waals surface area contributed by atoms with Crippen LogP contribution in [-0.4, -0.2) is 42.0 Å². The van der Waals surface area contributed by atoms with Crippen LogP contribution in [0.1, 0.15) is 21.1 Å². The predicted octanol–water partition coefficient (Wildman–Crippen LogP) is 4.85. The largest absolute Gasteiger partial charge is 0.368 e. The molecule has 0 bridgehead atoms. The average Bonchev–Trinajstić information content (AvgIpc) is 3.18. The van der Waals surface area contributed by atoms with Crippen molar-refractivity contribution in [2.75, 3.05) is 31.1 Å². The third kappa shape index (κ3) is 4.97. The van der Waals surface area contributed by atoms with Crippen LogP contribution in [0.15, 0.2) is 58.8 Å². The van der Waals surface area contributed by atoms with Crippen LogP contribution in [0.5, 0.6) is 0 Å². The molecule has 1 aliphatic rings. The van der Waals surface area contributed by atoms with Gasteiger partial charge in [-0.25, -0.2) is 9.37 Å². The molecule has 4 nitrogen and oxygen atoms in total. The number of carbonyl (C=O) groups excluding carboxylic acids is 1. The van der Waals surface area contributed by atoms with Crippen molar-refractivity contribution in [3.8, 4) is 0 Å². The fourth-order valence-corrected chi connectivity index (χ4v) is 4.84. The zero-order chi connectivity index (χ0) is 20.2. The van der Waals surface area contributed by atoms with Gasteiger partial charge in [0.2, 0.25) is 0 Å². The monoisotopic (exact) mass is 427 g/mol. The normalized spacial score (nSPS) is 14.3. The van der Waals surface area contributed by atoms with E-state index in [1.807, 2.05) is 36.1 Å². The van der Waals surface area contributed by atoms with Crippen molar-refractivity contribution < 1.29 is 9.18 Å². The van der Waals surface area contributed by atoms with Gasteiger partial charge in [-0.1, -0.05) is 0 Å². The fraction of sp³-hybridized carbons (Fsp3) is 0.273. The molecular formula is C22H22FN3OS2. The Balaban J connectivity index is 1.31. The van der Waals surface area contributed by atoms with Crippen LogP contribution in [0.2, 0.25) is 0 Å². The number of piperazine rings is 1. The summed E-state index contributed by atoms with van der Waals surface area (Å²) in [6, 6.07) is 14.3. The lowest BCUT2D eigenvalue weighted by Gasteiger charge is -2.36. The Labute approximate surface area is 178 Å². The second kappa shape index (κ2) is 8.97. The average molecular weight is 428 g/mol. The molecule has 2 aromatic carbocycles. The third-order valence-electron chi connectivity index (χ3n) is 4.91. The van der Waals surface area contributed by atoms with E-state index in [2.05, 4.69) is 15.3 Å². The number of rotatable bonds is 5. The molecule has 7 heteroatoms. The molecule has 2 heterocycles. The van der Waals surface area contributed by atoms with Gasteiger partial charge >= 0.3 is 0 Å². The number of thiazole rings is 1. The summed E-state index contributed by atoms with van der Waals surface area (Å²) in [5.41, 5.74) is 2.81. The second-order valence-electron chi connectivity index (χ2n) is 6.93. The number of aryl methyl sites for hydroxylation is 1. The van der Waals surface area contributed by atoms with E-state index >= 15 is 0 Å². The van der Waals surface area contributed by atoms with E-state index in [1.165, 1.54) is 12.1 Å². The molecule has 1 aliphatic heterocycles. The van der Waals surface area contributed by atoms with E-state index in [0.29, 0.717) is 18.7 Å². The number of benzene rings is 2. The van der Waals surface area contributed by atoms with Crippen molar-refractivity contribution in [1.82, 2.24) is 9.88 Å². The summed E-state index contributed by atoms with van der Waals surface area (Å²) in [5, 5.41) is 3.17. The highest BCUT2D eigenvalue weighted by molar-refractivity contribution is 7.98. The molecule has 29 heavy (non-hydrogen) atoms. The van der Waals surface area contributed by atoms with Gasteiger partial charge in [0.05, 0.1) is 10.7 Å². The predicted molar refractivity (Wildman–Crippen MR) is 117 cm³/mol. The maximum Gasteiger partial charge on any atom is 0.253 e. The summed E-state index contributed by atoms with van der Waals surface area (Å²) in [5.74, 6) is 0.671. The van der Waals surface area contributed by atoms with E-state index in [-0.39, 0.29) is 11.7 Å². The molecule has 1 amide bonds. The lowest BCUT2D eigenvalue weighted by molar-refractivity contribution is 0.0746. The molecule has 4 rings (SSSR count). The van der Waals surface area contributed by atoms with Crippen LogP contribution in [0.25, 0.3) is 0 Å². The van der Waals surface area contributed by atoms with Crippen molar-refractivity contribution >= 4 is 34.7 Å². The molecule has 0 saturated carbocycles. The molecule has 0 atom stereocenters. The molecule has 0 radical (unpaired) electrons. The fourth-order valence-electron chi connectivity index (χ4n) is 3.33. The summed E-state index contributed by atoms with van der Waals surface area (Å²) in [6.07, 6.45) is 0. The Hall–Kier alpha value is -2.38. The van der Waals surface area contributed by atoms with Gasteiger partial charge in [0.1, 0.15) is 5.82 Å². The minimum Gasteiger partial charge on any atom is -0.368 e. The van der Waals surface area contributed by atoms with Crippen LogP contribution >= 0.6 is 23.1 Å². The van der Waals surface area contributed by atoms with Crippen molar-refractivity contribution in [3.63, 3.8) is 0 Å². The Kier molecular flexibility index (Phi) is 6.16. The van der Waals surface area contributed by atoms with Crippen LogP contribution in [0, 0.1) is 12.7 Å². The number of amides is 1. The van der Waals surface area contributed by atoms with Crippen LogP contribution in [0.3, 0.4) is 0 Å². The molecule has 1 saturated heterocycles. The van der Waals surface area contributed by atoms with E-state index in [4.69, 9.17) is 0 Å². The van der Waals surface area contributed by atoms with Gasteiger partial charge in [-0.15, -0.1) is 23.1 Å². The number of halogens is 1. The zero-order valence-electron chi connectivity index (χ0n) is 16.2. The first-order valence-corrected chi connectivity index (χ1v) is 11.4. The SMILES string of the molecule is Cc1nc(CSc2ccc(C(=O)N3CCN(c4ccc(F)cc4)CC3)cc2)cs1. The molecule has 1 aromatic heterocycles. The van der Waals surface area contributed by atoms with Crippen molar-refractivity contribution in [2.45, 2.75) is 17.6 Å². The van der Waals surface area contributed by atoms with E-state index in [0.717, 1.165) is 40.1 Å². The summed E-state index contributed by atoms with van der Waals surface area (Å²) < 4.78 is 13.1. The smallest absolute Gasteiger partial charge is 0.253 e. The van der Waals surface area contributed by atoms with Crippen LogP contribution in [-0.2, 0) is 5.75 Å². The number of nitrogens with zero attached hydrogens (tertiary/aromatic N) is 3. The van der Waals surface area contributed by atoms with Crippen molar-refractivity contribution in [2.24, 2.45) is 0 Å². The van der Waals surface area contributed by atoms with Crippen molar-refractivity contribution in [3.05, 3.63) is 76.0 Å². The second-order valence-corrected chi connectivity index (χ2v) is 9.04. The zero-order valence-corrected chi connectivity index (χ0v) is 17.8. The lowest BCUT2D eigenvalue weighted by atomic mass is 10.1. The van der Waals surface area contributed by atoms with Gasteiger partial charge in [0, 0.05) is 53.5 Å². The van der Waals surface area contributed by atoms with Crippen LogP contribution < -0.4 is 4.90 Å². The van der Waals surface area contributed by atoms with Crippen molar-refractivity contribution in [1.29, 1.82) is 0 Å². The lowest BCUT2D eigenvalue weighted by Crippen LogP contribution is -2.48. The maximum atomic E-state index is 13.1. The number of carbonyl (C=O) groups is 1. The number of hydrogen-bond donors (Lipinski definition) is 0. The summed E-state index contributed by atoms with van der Waals surface area (Å²) in [4.78, 5) is 22.5. The standard InChI is InChI=1S/C22H22FN3OS2/c1-16-24-19(14-28-16)15-29-21-8-2-17(3-9-21)22(27)26-12-10-25(11-13-26)20-6-4-18(23)5-7-20/h2-9,14H,10-13,15H2,1H3. The number of anilines is 1. The first kappa shape index (κ1) is 19.9. The first-order valence-electron chi connectivity index (χ1n) is 9.52. The van der Waals surface area contributed by atoms with Gasteiger partial charge in [0.25, 0.3) is 5.91 Å². The van der Waals surface area contributed by atoms with Crippen LogP contribution in [0.4, 0.5) is 10.1 Å². The molecule has 1 fully saturated rings. The Bertz CT molecular complexity index is 964. The molecule has 0 unspecified atom stereocenters. The van der Waals surface area contributed by atoms with E-state index < -0.39 is 0 Å². The molecule has 0 N–H and O–H groups in total. The number of aromatic nitrogens is 1. The summed E-state index contributed by atoms with van der Waals surface area (Å²) >= 11 is 3.39. The minimum atomic E-state index is -0.231. The third-order valence-corrected chi connectivity index (χ3v) is 6.78. The van der Waals surface area contributed by atoms with Gasteiger partial charge < -0.3 is 9.80 Å². The quantitative estimate of drug-likeness (QED) is 0.546. The van der Waals surface area contributed by atoms with Gasteiger partial charge in [-0.05, 0) is 55.5 Å². The number of thioether (sulfide) groups is 1. The summed E-state index contributed by atoms with van der Waals surface area (Å²) in [7, 11) is 0. The molecule has 150 valence electrons. The highest BCUT2D eigenvalue weighted by Crippen LogP contribution is 2.24. The molecule has 0 aliphatic carbocycles. The highest BCUT2D eigenvalue weighted by Gasteiger charge is 2.22. The molecular weight excluding hydrogens is 405 g/mol. The number of hydrogen-bond acceptors (Lipinski definition) is 5. The first-order chi connectivity index (χ1) is 14.1. The molecule has 3 aromatic rings. The van der Waals surface area contributed by atoms with Gasteiger partial charge in [-0.2, -0.15) is 0 Å².